The van der Waals surface area contributed by atoms with Crippen LogP contribution < -0.4 is 0 Å². The van der Waals surface area contributed by atoms with E-state index in [2.05, 4.69) is 26.2 Å². The van der Waals surface area contributed by atoms with Gasteiger partial charge in [0.25, 0.3) is 0 Å². The number of hydrogen-bond acceptors (Lipinski definition) is 3. The Labute approximate surface area is 102 Å². The van der Waals surface area contributed by atoms with Crippen LogP contribution in [-0.2, 0) is 6.61 Å². The fourth-order valence-electron chi connectivity index (χ4n) is 1.51. The molecule has 0 spiro atoms. The number of aromatic nitrogens is 3. The van der Waals surface area contributed by atoms with Crippen LogP contribution >= 0.6 is 15.9 Å². The van der Waals surface area contributed by atoms with E-state index in [0.29, 0.717) is 5.69 Å². The van der Waals surface area contributed by atoms with Crippen molar-refractivity contribution in [3.63, 3.8) is 0 Å². The van der Waals surface area contributed by atoms with Crippen LogP contribution in [0.15, 0.2) is 22.7 Å². The molecule has 5 heteroatoms. The van der Waals surface area contributed by atoms with Gasteiger partial charge in [-0.25, -0.2) is 4.68 Å². The van der Waals surface area contributed by atoms with Crippen LogP contribution in [0, 0.1) is 13.8 Å². The van der Waals surface area contributed by atoms with E-state index in [4.69, 9.17) is 5.11 Å². The predicted octanol–water partition coefficient (Wildman–Crippen LogP) is 2.14. The molecule has 0 saturated heterocycles. The molecule has 84 valence electrons. The van der Waals surface area contributed by atoms with E-state index < -0.39 is 0 Å². The molecule has 2 aromatic rings. The van der Waals surface area contributed by atoms with Gasteiger partial charge in [-0.15, -0.1) is 5.10 Å². The second-order valence-corrected chi connectivity index (χ2v) is 4.48. The second kappa shape index (κ2) is 4.35. The lowest BCUT2D eigenvalue weighted by Crippen LogP contribution is -2.00. The molecule has 0 aliphatic rings. The topological polar surface area (TPSA) is 50.9 Å². The van der Waals surface area contributed by atoms with E-state index >= 15 is 0 Å². The maximum atomic E-state index is 9.05. The number of aliphatic hydroxyl groups excluding tert-OH is 1. The highest BCUT2D eigenvalue weighted by atomic mass is 79.9. The highest BCUT2D eigenvalue weighted by molar-refractivity contribution is 9.10. The number of benzene rings is 1. The lowest BCUT2D eigenvalue weighted by molar-refractivity contribution is 0.276. The summed E-state index contributed by atoms with van der Waals surface area (Å²) in [6.45, 7) is 3.83. The number of rotatable bonds is 2. The van der Waals surface area contributed by atoms with Crippen molar-refractivity contribution in [2.75, 3.05) is 0 Å². The SMILES string of the molecule is Cc1cc(-n2nnc(CO)c2C)ccc1Br. The molecule has 0 amide bonds. The van der Waals surface area contributed by atoms with Gasteiger partial charge in [-0.3, -0.25) is 0 Å². The Morgan fingerprint density at radius 2 is 2.12 bits per heavy atom. The van der Waals surface area contributed by atoms with E-state index in [1.54, 1.807) is 4.68 Å². The molecule has 0 saturated carbocycles. The highest BCUT2D eigenvalue weighted by Gasteiger charge is 2.09. The van der Waals surface area contributed by atoms with Gasteiger partial charge < -0.3 is 5.11 Å². The second-order valence-electron chi connectivity index (χ2n) is 3.62. The summed E-state index contributed by atoms with van der Waals surface area (Å²) in [6.07, 6.45) is 0. The summed E-state index contributed by atoms with van der Waals surface area (Å²) in [6, 6.07) is 5.96. The summed E-state index contributed by atoms with van der Waals surface area (Å²) in [5, 5.41) is 17.0. The Morgan fingerprint density at radius 3 is 2.69 bits per heavy atom. The van der Waals surface area contributed by atoms with Crippen molar-refractivity contribution in [3.05, 3.63) is 39.6 Å². The Hall–Kier alpha value is -1.20. The van der Waals surface area contributed by atoms with E-state index in [1.807, 2.05) is 32.0 Å². The average molecular weight is 282 g/mol. The molecule has 0 aliphatic heterocycles. The normalized spacial score (nSPS) is 10.8. The summed E-state index contributed by atoms with van der Waals surface area (Å²) in [7, 11) is 0. The molecule has 0 bridgehead atoms. The van der Waals surface area contributed by atoms with Crippen molar-refractivity contribution < 1.29 is 5.11 Å². The maximum Gasteiger partial charge on any atom is 0.111 e. The monoisotopic (exact) mass is 281 g/mol. The zero-order valence-corrected chi connectivity index (χ0v) is 10.7. The Balaban J connectivity index is 2.50. The van der Waals surface area contributed by atoms with Crippen LogP contribution in [0.3, 0.4) is 0 Å². The Kier molecular flexibility index (Phi) is 3.07. The van der Waals surface area contributed by atoms with Gasteiger partial charge >= 0.3 is 0 Å². The standard InChI is InChI=1S/C11H12BrN3O/c1-7-5-9(3-4-10(7)12)15-8(2)11(6-16)13-14-15/h3-5,16H,6H2,1-2H3. The molecule has 1 N–H and O–H groups in total. The molecular weight excluding hydrogens is 270 g/mol. The zero-order chi connectivity index (χ0) is 11.7. The quantitative estimate of drug-likeness (QED) is 0.918. The summed E-state index contributed by atoms with van der Waals surface area (Å²) in [5.74, 6) is 0. The Bertz CT molecular complexity index is 522. The molecule has 0 atom stereocenters. The van der Waals surface area contributed by atoms with Crippen LogP contribution in [0.1, 0.15) is 17.0 Å². The van der Waals surface area contributed by atoms with Crippen LogP contribution in [-0.4, -0.2) is 20.1 Å². The molecule has 0 aliphatic carbocycles. The van der Waals surface area contributed by atoms with Gasteiger partial charge in [-0.05, 0) is 37.6 Å². The Morgan fingerprint density at radius 1 is 1.38 bits per heavy atom. The molecule has 1 aromatic heterocycles. The van der Waals surface area contributed by atoms with Gasteiger partial charge in [-0.1, -0.05) is 21.1 Å². The minimum absolute atomic E-state index is 0.0820. The van der Waals surface area contributed by atoms with Crippen molar-refractivity contribution in [3.8, 4) is 5.69 Å². The fourth-order valence-corrected chi connectivity index (χ4v) is 1.76. The fraction of sp³-hybridized carbons (Fsp3) is 0.273. The summed E-state index contributed by atoms with van der Waals surface area (Å²) in [5.41, 5.74) is 3.56. The van der Waals surface area contributed by atoms with Gasteiger partial charge in [-0.2, -0.15) is 0 Å². The van der Waals surface area contributed by atoms with E-state index in [9.17, 15) is 0 Å². The molecule has 1 heterocycles. The van der Waals surface area contributed by atoms with Gasteiger partial charge in [0.2, 0.25) is 0 Å². The van der Waals surface area contributed by atoms with E-state index in [0.717, 1.165) is 21.4 Å². The third-order valence-corrected chi connectivity index (χ3v) is 3.42. The van der Waals surface area contributed by atoms with Crippen molar-refractivity contribution in [2.24, 2.45) is 0 Å². The number of aliphatic hydroxyl groups is 1. The van der Waals surface area contributed by atoms with Crippen LogP contribution in [0.5, 0.6) is 0 Å². The smallest absolute Gasteiger partial charge is 0.111 e. The van der Waals surface area contributed by atoms with Gasteiger partial charge in [0.15, 0.2) is 0 Å². The molecule has 0 radical (unpaired) electrons. The van der Waals surface area contributed by atoms with Crippen molar-refractivity contribution in [1.29, 1.82) is 0 Å². The number of aryl methyl sites for hydroxylation is 1. The highest BCUT2D eigenvalue weighted by Crippen LogP contribution is 2.20. The van der Waals surface area contributed by atoms with E-state index in [1.165, 1.54) is 0 Å². The lowest BCUT2D eigenvalue weighted by atomic mass is 10.2. The summed E-state index contributed by atoms with van der Waals surface area (Å²) < 4.78 is 2.79. The first-order valence-corrected chi connectivity index (χ1v) is 5.71. The van der Waals surface area contributed by atoms with E-state index in [-0.39, 0.29) is 6.61 Å². The lowest BCUT2D eigenvalue weighted by Gasteiger charge is -2.05. The van der Waals surface area contributed by atoms with Crippen LogP contribution in [0.25, 0.3) is 5.69 Å². The average Bonchev–Trinajstić information content (AvgIpc) is 2.64. The van der Waals surface area contributed by atoms with Crippen LogP contribution in [0.4, 0.5) is 0 Å². The first-order valence-electron chi connectivity index (χ1n) is 4.92. The van der Waals surface area contributed by atoms with Crippen molar-refractivity contribution in [1.82, 2.24) is 15.0 Å². The minimum Gasteiger partial charge on any atom is -0.390 e. The largest absolute Gasteiger partial charge is 0.390 e. The first kappa shape index (κ1) is 11.3. The molecule has 0 unspecified atom stereocenters. The molecule has 2 rings (SSSR count). The molecule has 1 aromatic carbocycles. The first-order chi connectivity index (χ1) is 7.63. The molecule has 0 fully saturated rings. The summed E-state index contributed by atoms with van der Waals surface area (Å²) in [4.78, 5) is 0. The number of halogens is 1. The maximum absolute atomic E-state index is 9.05. The summed E-state index contributed by atoms with van der Waals surface area (Å²) >= 11 is 3.45. The number of nitrogens with zero attached hydrogens (tertiary/aromatic N) is 3. The van der Waals surface area contributed by atoms with Gasteiger partial charge in [0.05, 0.1) is 18.0 Å². The van der Waals surface area contributed by atoms with Gasteiger partial charge in [0, 0.05) is 4.47 Å². The molecule has 16 heavy (non-hydrogen) atoms. The number of hydrogen-bond donors (Lipinski definition) is 1. The van der Waals surface area contributed by atoms with Gasteiger partial charge in [0.1, 0.15) is 5.69 Å². The van der Waals surface area contributed by atoms with Crippen molar-refractivity contribution in [2.45, 2.75) is 20.5 Å². The zero-order valence-electron chi connectivity index (χ0n) is 9.11. The third kappa shape index (κ3) is 1.88. The van der Waals surface area contributed by atoms with Crippen LogP contribution in [0.2, 0.25) is 0 Å². The molecular formula is C11H12BrN3O. The predicted molar refractivity (Wildman–Crippen MR) is 64.5 cm³/mol. The molecule has 4 nitrogen and oxygen atoms in total. The third-order valence-electron chi connectivity index (χ3n) is 2.53. The minimum atomic E-state index is -0.0820. The van der Waals surface area contributed by atoms with Crippen molar-refractivity contribution >= 4 is 15.9 Å².